The number of hydrogen-bond acceptors (Lipinski definition) is 3. The molecule has 0 aliphatic heterocycles. The number of rotatable bonds is 5. The topological polar surface area (TPSA) is 47.7 Å². The second kappa shape index (κ2) is 5.93. The van der Waals surface area contributed by atoms with Crippen molar-refractivity contribution in [2.75, 3.05) is 6.54 Å². The molecular formula is C16H19N5. The van der Waals surface area contributed by atoms with Gasteiger partial charge in [0.1, 0.15) is 11.9 Å². The van der Waals surface area contributed by atoms with E-state index < -0.39 is 0 Å². The van der Waals surface area contributed by atoms with Gasteiger partial charge in [-0.05, 0) is 24.7 Å². The van der Waals surface area contributed by atoms with Crippen LogP contribution in [0.1, 0.15) is 24.5 Å². The lowest BCUT2D eigenvalue weighted by Crippen LogP contribution is -2.27. The first-order valence-electron chi connectivity index (χ1n) is 7.11. The summed E-state index contributed by atoms with van der Waals surface area (Å²) in [5.74, 6) is 0.981. The number of para-hydroxylation sites is 1. The number of nitrogens with one attached hydrogen (secondary N) is 1. The molecule has 3 rings (SSSR count). The quantitative estimate of drug-likeness (QED) is 0.780. The van der Waals surface area contributed by atoms with E-state index in [1.165, 1.54) is 0 Å². The van der Waals surface area contributed by atoms with Gasteiger partial charge in [0.2, 0.25) is 0 Å². The van der Waals surface area contributed by atoms with Crippen molar-refractivity contribution in [2.24, 2.45) is 7.05 Å². The van der Waals surface area contributed by atoms with Crippen LogP contribution >= 0.6 is 0 Å². The monoisotopic (exact) mass is 281 g/mol. The first-order chi connectivity index (χ1) is 10.3. The largest absolute Gasteiger partial charge is 0.336 e. The van der Waals surface area contributed by atoms with E-state index in [1.807, 2.05) is 59.2 Å². The normalized spacial score (nSPS) is 12.5. The van der Waals surface area contributed by atoms with Crippen molar-refractivity contribution in [3.63, 3.8) is 0 Å². The number of aromatic nitrogens is 4. The van der Waals surface area contributed by atoms with Crippen molar-refractivity contribution in [3.8, 4) is 5.69 Å². The number of nitrogens with zero attached hydrogens (tertiary/aromatic N) is 4. The second-order valence-corrected chi connectivity index (χ2v) is 4.89. The van der Waals surface area contributed by atoms with Crippen LogP contribution in [0, 0.1) is 0 Å². The Morgan fingerprint density at radius 1 is 1.14 bits per heavy atom. The van der Waals surface area contributed by atoms with Crippen LogP contribution in [0.25, 0.3) is 5.69 Å². The average Bonchev–Trinajstić information content (AvgIpc) is 3.15. The zero-order valence-electron chi connectivity index (χ0n) is 12.3. The van der Waals surface area contributed by atoms with Crippen molar-refractivity contribution in [1.82, 2.24) is 24.6 Å². The zero-order valence-corrected chi connectivity index (χ0v) is 12.3. The fourth-order valence-corrected chi connectivity index (χ4v) is 2.50. The first-order valence-corrected chi connectivity index (χ1v) is 7.11. The van der Waals surface area contributed by atoms with E-state index in [1.54, 1.807) is 0 Å². The maximum Gasteiger partial charge on any atom is 0.131 e. The summed E-state index contributed by atoms with van der Waals surface area (Å²) in [6, 6.07) is 12.2. The van der Waals surface area contributed by atoms with Gasteiger partial charge in [0, 0.05) is 25.6 Å². The molecule has 0 saturated heterocycles. The fourth-order valence-electron chi connectivity index (χ4n) is 2.50. The molecule has 2 aromatic heterocycles. The van der Waals surface area contributed by atoms with Gasteiger partial charge in [0.25, 0.3) is 0 Å². The van der Waals surface area contributed by atoms with E-state index in [0.29, 0.717) is 0 Å². The first kappa shape index (κ1) is 13.6. The number of hydrogen-bond donors (Lipinski definition) is 1. The van der Waals surface area contributed by atoms with Gasteiger partial charge < -0.3 is 9.88 Å². The van der Waals surface area contributed by atoms with Crippen molar-refractivity contribution in [2.45, 2.75) is 13.0 Å². The summed E-state index contributed by atoms with van der Waals surface area (Å²) in [4.78, 5) is 4.48. The van der Waals surface area contributed by atoms with Gasteiger partial charge in [-0.3, -0.25) is 0 Å². The molecule has 1 unspecified atom stereocenters. The third-order valence-electron chi connectivity index (χ3n) is 3.49. The van der Waals surface area contributed by atoms with Crippen LogP contribution in [0.15, 0.2) is 55.0 Å². The molecule has 0 saturated carbocycles. The zero-order chi connectivity index (χ0) is 14.7. The Morgan fingerprint density at radius 3 is 2.62 bits per heavy atom. The molecule has 108 valence electrons. The summed E-state index contributed by atoms with van der Waals surface area (Å²) in [6.45, 7) is 2.96. The van der Waals surface area contributed by atoms with Crippen LogP contribution in [-0.4, -0.2) is 25.9 Å². The lowest BCUT2D eigenvalue weighted by Gasteiger charge is -2.19. The minimum atomic E-state index is 0.0118. The maximum atomic E-state index is 4.48. The number of imidazole rings is 1. The lowest BCUT2D eigenvalue weighted by molar-refractivity contribution is 0.549. The molecule has 5 nitrogen and oxygen atoms in total. The average molecular weight is 281 g/mol. The molecule has 0 radical (unpaired) electrons. The molecule has 2 heterocycles. The second-order valence-electron chi connectivity index (χ2n) is 4.89. The highest BCUT2D eigenvalue weighted by Gasteiger charge is 2.21. The molecule has 0 aliphatic rings. The SMILES string of the molecule is CCNC(c1nccn1C)c1ccnn1-c1ccccc1. The summed E-state index contributed by atoms with van der Waals surface area (Å²) >= 11 is 0. The smallest absolute Gasteiger partial charge is 0.131 e. The predicted octanol–water partition coefficient (Wildman–Crippen LogP) is 2.30. The van der Waals surface area contributed by atoms with Gasteiger partial charge in [-0.1, -0.05) is 25.1 Å². The maximum absolute atomic E-state index is 4.48. The van der Waals surface area contributed by atoms with Crippen LogP contribution in [-0.2, 0) is 7.05 Å². The van der Waals surface area contributed by atoms with Crippen molar-refractivity contribution >= 4 is 0 Å². The number of benzene rings is 1. The van der Waals surface area contributed by atoms with Gasteiger partial charge >= 0.3 is 0 Å². The fraction of sp³-hybridized carbons (Fsp3) is 0.250. The predicted molar refractivity (Wildman–Crippen MR) is 82.3 cm³/mol. The molecule has 0 bridgehead atoms. The van der Waals surface area contributed by atoms with Crippen LogP contribution in [0.5, 0.6) is 0 Å². The summed E-state index contributed by atoms with van der Waals surface area (Å²) in [6.07, 6.45) is 5.61. The summed E-state index contributed by atoms with van der Waals surface area (Å²) in [5.41, 5.74) is 2.13. The molecule has 5 heteroatoms. The standard InChI is InChI=1S/C16H19N5/c1-3-17-15(16-18-11-12-20(16)2)14-9-10-19-21(14)13-7-5-4-6-8-13/h4-12,15,17H,3H2,1-2H3. The third-order valence-corrected chi connectivity index (χ3v) is 3.49. The molecule has 0 fully saturated rings. The molecule has 0 amide bonds. The van der Waals surface area contributed by atoms with Gasteiger partial charge in [0.05, 0.1) is 11.4 Å². The number of aryl methyl sites for hydroxylation is 1. The molecular weight excluding hydrogens is 262 g/mol. The molecule has 1 N–H and O–H groups in total. The van der Waals surface area contributed by atoms with Crippen LogP contribution in [0.4, 0.5) is 0 Å². The summed E-state index contributed by atoms with van der Waals surface area (Å²) in [7, 11) is 2.01. The Hall–Kier alpha value is -2.40. The lowest BCUT2D eigenvalue weighted by atomic mass is 10.1. The van der Waals surface area contributed by atoms with E-state index in [0.717, 1.165) is 23.8 Å². The van der Waals surface area contributed by atoms with Crippen LogP contribution < -0.4 is 5.32 Å². The van der Waals surface area contributed by atoms with Crippen LogP contribution in [0.3, 0.4) is 0 Å². The highest BCUT2D eigenvalue weighted by atomic mass is 15.3. The van der Waals surface area contributed by atoms with Crippen molar-refractivity contribution in [1.29, 1.82) is 0 Å². The molecule has 1 aromatic carbocycles. The van der Waals surface area contributed by atoms with Crippen molar-refractivity contribution < 1.29 is 0 Å². The minimum absolute atomic E-state index is 0.0118. The minimum Gasteiger partial charge on any atom is -0.336 e. The van der Waals surface area contributed by atoms with Crippen molar-refractivity contribution in [3.05, 3.63) is 66.5 Å². The van der Waals surface area contributed by atoms with Gasteiger partial charge in [-0.2, -0.15) is 5.10 Å². The third kappa shape index (κ3) is 2.60. The highest BCUT2D eigenvalue weighted by molar-refractivity contribution is 5.34. The Kier molecular flexibility index (Phi) is 3.83. The molecule has 1 atom stereocenters. The summed E-state index contributed by atoms with van der Waals surface area (Å²) < 4.78 is 4.00. The summed E-state index contributed by atoms with van der Waals surface area (Å²) in [5, 5.41) is 7.96. The Bertz CT molecular complexity index is 698. The van der Waals surface area contributed by atoms with Gasteiger partial charge in [0.15, 0.2) is 0 Å². The van der Waals surface area contributed by atoms with E-state index >= 15 is 0 Å². The van der Waals surface area contributed by atoms with Gasteiger partial charge in [-0.25, -0.2) is 9.67 Å². The molecule has 21 heavy (non-hydrogen) atoms. The molecule has 0 aliphatic carbocycles. The van der Waals surface area contributed by atoms with E-state index in [2.05, 4.69) is 34.5 Å². The molecule has 3 aromatic rings. The van der Waals surface area contributed by atoms with Gasteiger partial charge in [-0.15, -0.1) is 0 Å². The Morgan fingerprint density at radius 2 is 1.95 bits per heavy atom. The van der Waals surface area contributed by atoms with E-state index in [-0.39, 0.29) is 6.04 Å². The van der Waals surface area contributed by atoms with E-state index in [9.17, 15) is 0 Å². The Labute approximate surface area is 124 Å². The van der Waals surface area contributed by atoms with E-state index in [4.69, 9.17) is 0 Å². The molecule has 0 spiro atoms. The highest BCUT2D eigenvalue weighted by Crippen LogP contribution is 2.22. The Balaban J connectivity index is 2.06. The van der Waals surface area contributed by atoms with Crippen LogP contribution in [0.2, 0.25) is 0 Å².